The quantitative estimate of drug-likeness (QED) is 0.847. The molecule has 0 bridgehead atoms. The number of ether oxygens (including phenoxy) is 1. The van der Waals surface area contributed by atoms with Gasteiger partial charge in [0.05, 0.1) is 12.6 Å². The van der Waals surface area contributed by atoms with Crippen LogP contribution in [0.2, 0.25) is 0 Å². The van der Waals surface area contributed by atoms with Crippen LogP contribution < -0.4 is 0 Å². The minimum absolute atomic E-state index is 0.0161. The van der Waals surface area contributed by atoms with E-state index in [0.29, 0.717) is 6.54 Å². The van der Waals surface area contributed by atoms with Gasteiger partial charge in [-0.15, -0.1) is 10.2 Å². The normalized spacial score (nSPS) is 18.1. The second kappa shape index (κ2) is 7.37. The molecule has 2 aromatic rings. The van der Waals surface area contributed by atoms with Crippen LogP contribution in [0.4, 0.5) is 0 Å². The number of carbonyl (C=O) groups excluding carboxylic acids is 1. The molecule has 1 aliphatic heterocycles. The Morgan fingerprint density at radius 3 is 2.91 bits per heavy atom. The Kier molecular flexibility index (Phi) is 5.02. The summed E-state index contributed by atoms with van der Waals surface area (Å²) in [5.41, 5.74) is 1.19. The van der Waals surface area contributed by atoms with Crippen molar-refractivity contribution in [3.63, 3.8) is 0 Å². The first-order chi connectivity index (χ1) is 11.3. The van der Waals surface area contributed by atoms with Crippen molar-refractivity contribution < 1.29 is 9.53 Å². The van der Waals surface area contributed by atoms with E-state index in [9.17, 15) is 4.79 Å². The minimum atomic E-state index is -0.0161. The summed E-state index contributed by atoms with van der Waals surface area (Å²) in [6.45, 7) is 1.58. The van der Waals surface area contributed by atoms with Gasteiger partial charge in [0.25, 0.3) is 0 Å². The summed E-state index contributed by atoms with van der Waals surface area (Å²) in [6, 6.07) is 10.2. The number of benzene rings is 1. The van der Waals surface area contributed by atoms with E-state index in [-0.39, 0.29) is 18.6 Å². The molecule has 1 aromatic heterocycles. The van der Waals surface area contributed by atoms with Gasteiger partial charge in [-0.25, -0.2) is 0 Å². The fourth-order valence-corrected chi connectivity index (χ4v) is 3.13. The maximum atomic E-state index is 12.3. The van der Waals surface area contributed by atoms with Gasteiger partial charge >= 0.3 is 0 Å². The summed E-state index contributed by atoms with van der Waals surface area (Å²) in [5.74, 6) is 0.879. The number of methoxy groups -OCH3 is 1. The molecule has 122 valence electrons. The lowest BCUT2D eigenvalue weighted by Gasteiger charge is -2.35. The summed E-state index contributed by atoms with van der Waals surface area (Å²) < 4.78 is 7.05. The van der Waals surface area contributed by atoms with Crippen LogP contribution in [0.15, 0.2) is 36.7 Å². The number of piperidine rings is 1. The van der Waals surface area contributed by atoms with Crippen molar-refractivity contribution in [2.24, 2.45) is 0 Å². The fourth-order valence-electron chi connectivity index (χ4n) is 3.13. The molecule has 0 N–H and O–H groups in total. The monoisotopic (exact) mass is 314 g/mol. The van der Waals surface area contributed by atoms with Crippen molar-refractivity contribution in [2.45, 2.75) is 31.8 Å². The number of hydrogen-bond acceptors (Lipinski definition) is 4. The maximum Gasteiger partial charge on any atom is 0.249 e. The lowest BCUT2D eigenvalue weighted by Crippen LogP contribution is -2.41. The Morgan fingerprint density at radius 2 is 2.13 bits per heavy atom. The Balaban J connectivity index is 1.82. The molecule has 1 saturated heterocycles. The molecule has 0 saturated carbocycles. The van der Waals surface area contributed by atoms with Gasteiger partial charge in [-0.3, -0.25) is 4.79 Å². The number of likely N-dealkylation sites (tertiary alicyclic amines) is 1. The Bertz CT molecular complexity index is 641. The van der Waals surface area contributed by atoms with Crippen LogP contribution in [0, 0.1) is 0 Å². The number of amides is 1. The molecular weight excluding hydrogens is 292 g/mol. The van der Waals surface area contributed by atoms with Gasteiger partial charge in [0.15, 0.2) is 5.82 Å². The first-order valence-corrected chi connectivity index (χ1v) is 7.99. The molecule has 1 fully saturated rings. The summed E-state index contributed by atoms with van der Waals surface area (Å²) >= 11 is 0. The van der Waals surface area contributed by atoms with Crippen LogP contribution in [0.3, 0.4) is 0 Å². The predicted octanol–water partition coefficient (Wildman–Crippen LogP) is 2.03. The number of rotatable bonds is 5. The zero-order chi connectivity index (χ0) is 16.1. The van der Waals surface area contributed by atoms with E-state index in [0.717, 1.165) is 31.6 Å². The van der Waals surface area contributed by atoms with Gasteiger partial charge in [0.2, 0.25) is 5.91 Å². The summed E-state index contributed by atoms with van der Waals surface area (Å²) in [6.07, 6.45) is 4.79. The van der Waals surface area contributed by atoms with Crippen LogP contribution in [-0.4, -0.2) is 45.8 Å². The van der Waals surface area contributed by atoms with E-state index in [2.05, 4.69) is 22.3 Å². The summed E-state index contributed by atoms with van der Waals surface area (Å²) in [7, 11) is 1.55. The zero-order valence-corrected chi connectivity index (χ0v) is 13.4. The van der Waals surface area contributed by atoms with Crippen LogP contribution in [0.5, 0.6) is 0 Å². The van der Waals surface area contributed by atoms with E-state index in [1.54, 1.807) is 13.4 Å². The standard InChI is InChI=1S/C17H22N4O2/c1-23-12-16(22)21-10-6-5-9-15(21)17-19-18-13-20(17)11-14-7-3-2-4-8-14/h2-4,7-8,13,15H,5-6,9-12H2,1H3/t15-/m1/s1. The number of aromatic nitrogens is 3. The van der Waals surface area contributed by atoms with Crippen molar-refractivity contribution in [3.05, 3.63) is 48.0 Å². The maximum absolute atomic E-state index is 12.3. The molecule has 1 aromatic carbocycles. The molecule has 0 aliphatic carbocycles. The zero-order valence-electron chi connectivity index (χ0n) is 13.4. The number of carbonyl (C=O) groups is 1. The fraction of sp³-hybridized carbons (Fsp3) is 0.471. The van der Waals surface area contributed by atoms with Crippen molar-refractivity contribution >= 4 is 5.91 Å². The predicted molar refractivity (Wildman–Crippen MR) is 85.7 cm³/mol. The number of nitrogens with zero attached hydrogens (tertiary/aromatic N) is 4. The van der Waals surface area contributed by atoms with Crippen molar-refractivity contribution in [3.8, 4) is 0 Å². The van der Waals surface area contributed by atoms with Gasteiger partial charge in [-0.1, -0.05) is 30.3 Å². The minimum Gasteiger partial charge on any atom is -0.375 e. The SMILES string of the molecule is COCC(=O)N1CCCC[C@@H]1c1nncn1Cc1ccccc1. The van der Waals surface area contributed by atoms with Crippen molar-refractivity contribution in [1.82, 2.24) is 19.7 Å². The Hall–Kier alpha value is -2.21. The Morgan fingerprint density at radius 1 is 1.30 bits per heavy atom. The smallest absolute Gasteiger partial charge is 0.249 e. The molecule has 6 nitrogen and oxygen atoms in total. The first-order valence-electron chi connectivity index (χ1n) is 7.99. The lowest BCUT2D eigenvalue weighted by molar-refractivity contribution is -0.139. The Labute approximate surface area is 136 Å². The third kappa shape index (κ3) is 3.59. The second-order valence-electron chi connectivity index (χ2n) is 5.83. The largest absolute Gasteiger partial charge is 0.375 e. The van der Waals surface area contributed by atoms with E-state index >= 15 is 0 Å². The second-order valence-corrected chi connectivity index (χ2v) is 5.83. The molecule has 2 heterocycles. The van der Waals surface area contributed by atoms with Gasteiger partial charge in [-0.05, 0) is 24.8 Å². The number of hydrogen-bond donors (Lipinski definition) is 0. The van der Waals surface area contributed by atoms with E-state index in [1.807, 2.05) is 27.7 Å². The van der Waals surface area contributed by atoms with Gasteiger partial charge < -0.3 is 14.2 Å². The lowest BCUT2D eigenvalue weighted by atomic mass is 10.0. The molecule has 0 radical (unpaired) electrons. The van der Waals surface area contributed by atoms with Crippen molar-refractivity contribution in [1.29, 1.82) is 0 Å². The van der Waals surface area contributed by atoms with Crippen LogP contribution in [-0.2, 0) is 16.1 Å². The van der Waals surface area contributed by atoms with Gasteiger partial charge in [0.1, 0.15) is 12.9 Å². The molecule has 1 aliphatic rings. The molecule has 23 heavy (non-hydrogen) atoms. The van der Waals surface area contributed by atoms with Crippen molar-refractivity contribution in [2.75, 3.05) is 20.3 Å². The van der Waals surface area contributed by atoms with E-state index < -0.39 is 0 Å². The van der Waals surface area contributed by atoms with E-state index in [4.69, 9.17) is 4.74 Å². The molecule has 3 rings (SSSR count). The van der Waals surface area contributed by atoms with Crippen LogP contribution in [0.1, 0.15) is 36.7 Å². The van der Waals surface area contributed by atoms with Crippen LogP contribution >= 0.6 is 0 Å². The first kappa shape index (κ1) is 15.7. The summed E-state index contributed by atoms with van der Waals surface area (Å²) in [4.78, 5) is 14.2. The van der Waals surface area contributed by atoms with Gasteiger partial charge in [-0.2, -0.15) is 0 Å². The third-order valence-electron chi connectivity index (χ3n) is 4.23. The molecule has 1 atom stereocenters. The average molecular weight is 314 g/mol. The highest BCUT2D eigenvalue weighted by molar-refractivity contribution is 5.78. The van der Waals surface area contributed by atoms with E-state index in [1.165, 1.54) is 5.56 Å². The summed E-state index contributed by atoms with van der Waals surface area (Å²) in [5, 5.41) is 8.38. The average Bonchev–Trinajstić information content (AvgIpc) is 3.04. The molecule has 0 spiro atoms. The highest BCUT2D eigenvalue weighted by atomic mass is 16.5. The molecule has 1 amide bonds. The highest BCUT2D eigenvalue weighted by Crippen LogP contribution is 2.30. The topological polar surface area (TPSA) is 60.2 Å². The van der Waals surface area contributed by atoms with Gasteiger partial charge in [0, 0.05) is 13.7 Å². The molecule has 6 heteroatoms. The molecule has 0 unspecified atom stereocenters. The van der Waals surface area contributed by atoms with Crippen LogP contribution in [0.25, 0.3) is 0 Å². The molecular formula is C17H22N4O2. The highest BCUT2D eigenvalue weighted by Gasteiger charge is 2.31. The third-order valence-corrected chi connectivity index (χ3v) is 4.23.